The third-order valence-corrected chi connectivity index (χ3v) is 6.44. The SMILES string of the molecule is CC(=O)Nc1ccc(Cc2cc(Cl)ccc2O[C@@H]2S[C@H](CO)[C@@H](O)[C@H](O)[C@H]2O)cc1. The van der Waals surface area contributed by atoms with Crippen LogP contribution in [0.5, 0.6) is 5.75 Å². The summed E-state index contributed by atoms with van der Waals surface area (Å²) >= 11 is 7.23. The molecule has 0 saturated carbocycles. The van der Waals surface area contributed by atoms with E-state index in [4.69, 9.17) is 16.3 Å². The zero-order chi connectivity index (χ0) is 21.8. The Labute approximate surface area is 183 Å². The van der Waals surface area contributed by atoms with Crippen molar-refractivity contribution in [2.24, 2.45) is 0 Å². The van der Waals surface area contributed by atoms with Gasteiger partial charge in [-0.15, -0.1) is 11.8 Å². The fraction of sp³-hybridized carbons (Fsp3) is 0.381. The van der Waals surface area contributed by atoms with E-state index in [1.165, 1.54) is 6.92 Å². The van der Waals surface area contributed by atoms with Crippen LogP contribution in [0, 0.1) is 0 Å². The van der Waals surface area contributed by atoms with E-state index in [9.17, 15) is 25.2 Å². The van der Waals surface area contributed by atoms with Crippen LogP contribution in [-0.4, -0.2) is 61.9 Å². The Kier molecular flexibility index (Phi) is 7.62. The summed E-state index contributed by atoms with van der Waals surface area (Å²) in [6.07, 6.45) is -3.52. The summed E-state index contributed by atoms with van der Waals surface area (Å²) in [4.78, 5) is 11.2. The van der Waals surface area contributed by atoms with Gasteiger partial charge in [0.1, 0.15) is 18.0 Å². The lowest BCUT2D eigenvalue weighted by Crippen LogP contribution is -2.55. The number of anilines is 1. The molecule has 0 spiro atoms. The predicted molar refractivity (Wildman–Crippen MR) is 116 cm³/mol. The van der Waals surface area contributed by atoms with E-state index >= 15 is 0 Å². The third-order valence-electron chi connectivity index (χ3n) is 4.78. The van der Waals surface area contributed by atoms with Crippen LogP contribution in [0.15, 0.2) is 42.5 Å². The maximum absolute atomic E-state index is 11.2. The molecular weight excluding hydrogens is 430 g/mol. The van der Waals surface area contributed by atoms with Crippen molar-refractivity contribution in [2.75, 3.05) is 11.9 Å². The van der Waals surface area contributed by atoms with Gasteiger partial charge in [-0.1, -0.05) is 23.7 Å². The molecule has 1 saturated heterocycles. The largest absolute Gasteiger partial charge is 0.477 e. The fourth-order valence-electron chi connectivity index (χ4n) is 3.22. The Morgan fingerprint density at radius 2 is 1.80 bits per heavy atom. The van der Waals surface area contributed by atoms with Gasteiger partial charge in [0.15, 0.2) is 5.44 Å². The van der Waals surface area contributed by atoms with Gasteiger partial charge in [0.25, 0.3) is 0 Å². The van der Waals surface area contributed by atoms with Gasteiger partial charge >= 0.3 is 0 Å². The summed E-state index contributed by atoms with van der Waals surface area (Å²) < 4.78 is 5.97. The number of hydrogen-bond acceptors (Lipinski definition) is 7. The molecule has 0 bridgehead atoms. The van der Waals surface area contributed by atoms with Crippen LogP contribution < -0.4 is 10.1 Å². The van der Waals surface area contributed by atoms with E-state index < -0.39 is 29.0 Å². The Morgan fingerprint density at radius 1 is 1.10 bits per heavy atom. The minimum absolute atomic E-state index is 0.148. The highest BCUT2D eigenvalue weighted by Crippen LogP contribution is 2.36. The normalized spacial score (nSPS) is 26.3. The van der Waals surface area contributed by atoms with Gasteiger partial charge in [0, 0.05) is 29.6 Å². The first kappa shape index (κ1) is 22.9. The molecule has 5 atom stereocenters. The van der Waals surface area contributed by atoms with Crippen molar-refractivity contribution in [1.29, 1.82) is 0 Å². The standard InChI is InChI=1S/C21H24ClNO6S/c1-11(25)23-15-5-2-12(3-6-15)8-13-9-14(22)4-7-16(13)29-21-20(28)19(27)18(26)17(10-24)30-21/h2-7,9,17-21,24,26-28H,8,10H2,1H3,(H,23,25)/t17-,18-,19+,20-,21-/m1/s1. The van der Waals surface area contributed by atoms with Crippen LogP contribution in [0.4, 0.5) is 5.69 Å². The minimum atomic E-state index is -1.43. The molecule has 162 valence electrons. The summed E-state index contributed by atoms with van der Waals surface area (Å²) in [6.45, 7) is 1.09. The number of amides is 1. The van der Waals surface area contributed by atoms with Crippen molar-refractivity contribution in [1.82, 2.24) is 0 Å². The molecule has 1 aliphatic heterocycles. The Bertz CT molecular complexity index is 878. The van der Waals surface area contributed by atoms with E-state index in [-0.39, 0.29) is 12.5 Å². The monoisotopic (exact) mass is 453 g/mol. The van der Waals surface area contributed by atoms with Crippen molar-refractivity contribution in [3.05, 3.63) is 58.6 Å². The first-order valence-corrected chi connectivity index (χ1v) is 10.7. The number of rotatable bonds is 6. The second-order valence-corrected chi connectivity index (χ2v) is 8.90. The molecule has 0 unspecified atom stereocenters. The Balaban J connectivity index is 1.79. The molecule has 0 aromatic heterocycles. The van der Waals surface area contributed by atoms with Crippen LogP contribution in [0.1, 0.15) is 18.1 Å². The lowest BCUT2D eigenvalue weighted by Gasteiger charge is -2.39. The number of carbonyl (C=O) groups is 1. The molecule has 1 fully saturated rings. The first-order valence-electron chi connectivity index (χ1n) is 9.40. The van der Waals surface area contributed by atoms with Crippen LogP contribution in [0.2, 0.25) is 5.02 Å². The second-order valence-electron chi connectivity index (χ2n) is 7.12. The summed E-state index contributed by atoms with van der Waals surface area (Å²) in [6, 6.07) is 12.5. The number of halogens is 1. The second kappa shape index (κ2) is 10.00. The summed E-state index contributed by atoms with van der Waals surface area (Å²) in [7, 11) is 0. The van der Waals surface area contributed by atoms with Gasteiger partial charge in [0.05, 0.1) is 18.0 Å². The molecule has 30 heavy (non-hydrogen) atoms. The van der Waals surface area contributed by atoms with Crippen LogP contribution in [-0.2, 0) is 11.2 Å². The van der Waals surface area contributed by atoms with Crippen LogP contribution in [0.3, 0.4) is 0 Å². The van der Waals surface area contributed by atoms with Gasteiger partial charge < -0.3 is 30.5 Å². The van der Waals surface area contributed by atoms with E-state index in [0.29, 0.717) is 22.9 Å². The molecule has 0 radical (unpaired) electrons. The topological polar surface area (TPSA) is 119 Å². The average Bonchev–Trinajstić information content (AvgIpc) is 2.71. The molecule has 3 rings (SSSR count). The average molecular weight is 454 g/mol. The predicted octanol–water partition coefficient (Wildman–Crippen LogP) is 1.78. The van der Waals surface area contributed by atoms with Crippen molar-refractivity contribution < 1.29 is 30.0 Å². The summed E-state index contributed by atoms with van der Waals surface area (Å²) in [5.41, 5.74) is 1.54. The number of aliphatic hydroxyl groups excluding tert-OH is 4. The van der Waals surface area contributed by atoms with E-state index in [1.54, 1.807) is 30.3 Å². The molecular formula is C21H24ClNO6S. The molecule has 5 N–H and O–H groups in total. The number of aliphatic hydroxyl groups is 4. The van der Waals surface area contributed by atoms with Crippen molar-refractivity contribution in [3.63, 3.8) is 0 Å². The number of benzene rings is 2. The number of ether oxygens (including phenoxy) is 1. The van der Waals surface area contributed by atoms with Crippen molar-refractivity contribution in [2.45, 2.75) is 42.3 Å². The molecule has 2 aromatic rings. The third kappa shape index (κ3) is 5.46. The van der Waals surface area contributed by atoms with Gasteiger partial charge in [0.2, 0.25) is 5.91 Å². The quantitative estimate of drug-likeness (QED) is 0.452. The lowest BCUT2D eigenvalue weighted by molar-refractivity contribution is -0.114. The molecule has 1 amide bonds. The Hall–Kier alpha value is -1.81. The van der Waals surface area contributed by atoms with Crippen molar-refractivity contribution >= 4 is 35.0 Å². The van der Waals surface area contributed by atoms with Gasteiger partial charge in [-0.05, 0) is 35.9 Å². The zero-order valence-electron chi connectivity index (χ0n) is 16.2. The van der Waals surface area contributed by atoms with Gasteiger partial charge in [-0.3, -0.25) is 4.79 Å². The van der Waals surface area contributed by atoms with E-state index in [2.05, 4.69) is 5.32 Å². The molecule has 1 aliphatic rings. The molecule has 7 nitrogen and oxygen atoms in total. The molecule has 1 heterocycles. The number of nitrogens with one attached hydrogen (secondary N) is 1. The highest BCUT2D eigenvalue weighted by Gasteiger charge is 2.44. The minimum Gasteiger partial charge on any atom is -0.477 e. The fourth-order valence-corrected chi connectivity index (χ4v) is 4.65. The zero-order valence-corrected chi connectivity index (χ0v) is 17.8. The lowest BCUT2D eigenvalue weighted by atomic mass is 10.0. The number of thioether (sulfide) groups is 1. The number of carbonyl (C=O) groups excluding carboxylic acids is 1. The maximum Gasteiger partial charge on any atom is 0.221 e. The van der Waals surface area contributed by atoms with Crippen molar-refractivity contribution in [3.8, 4) is 5.75 Å². The smallest absolute Gasteiger partial charge is 0.221 e. The molecule has 2 aromatic carbocycles. The van der Waals surface area contributed by atoms with E-state index in [1.807, 2.05) is 12.1 Å². The first-order chi connectivity index (χ1) is 14.3. The van der Waals surface area contributed by atoms with Crippen LogP contribution in [0.25, 0.3) is 0 Å². The van der Waals surface area contributed by atoms with Gasteiger partial charge in [-0.25, -0.2) is 0 Å². The number of hydrogen-bond donors (Lipinski definition) is 5. The summed E-state index contributed by atoms with van der Waals surface area (Å²) in [5.74, 6) is 0.326. The molecule has 0 aliphatic carbocycles. The molecule has 9 heteroatoms. The highest BCUT2D eigenvalue weighted by molar-refractivity contribution is 8.00. The highest BCUT2D eigenvalue weighted by atomic mass is 35.5. The van der Waals surface area contributed by atoms with Crippen LogP contribution >= 0.6 is 23.4 Å². The summed E-state index contributed by atoms with van der Waals surface area (Å²) in [5, 5.41) is 42.4. The van der Waals surface area contributed by atoms with Gasteiger partial charge in [-0.2, -0.15) is 0 Å². The van der Waals surface area contributed by atoms with E-state index in [0.717, 1.165) is 22.9 Å². The Morgan fingerprint density at radius 3 is 2.43 bits per heavy atom. The maximum atomic E-state index is 11.2.